The number of ether oxygens (including phenoxy) is 2. The largest absolute Gasteiger partial charge is 0.382 e. The normalized spacial score (nSPS) is 15.4. The van der Waals surface area contributed by atoms with Crippen LogP contribution in [0.3, 0.4) is 0 Å². The summed E-state index contributed by atoms with van der Waals surface area (Å²) in [4.78, 5) is 12.3. The van der Waals surface area contributed by atoms with Crippen molar-refractivity contribution in [2.24, 2.45) is 7.05 Å². The molecule has 118 valence electrons. The average Bonchev–Trinajstić information content (AvgIpc) is 2.90. The molecule has 0 amide bonds. The van der Waals surface area contributed by atoms with Gasteiger partial charge in [0, 0.05) is 7.05 Å². The van der Waals surface area contributed by atoms with E-state index in [1.165, 1.54) is 0 Å². The smallest absolute Gasteiger partial charge is 0.209 e. The lowest BCUT2D eigenvalue weighted by Gasteiger charge is -2.09. The zero-order valence-electron chi connectivity index (χ0n) is 12.6. The SMILES string of the molecule is C1COCCO1.CC(O)C#Cc1nc(N)c2ncn(C)c2n1. The van der Waals surface area contributed by atoms with Gasteiger partial charge in [-0.05, 0) is 12.8 Å². The van der Waals surface area contributed by atoms with Crippen molar-refractivity contribution in [3.63, 3.8) is 0 Å². The van der Waals surface area contributed by atoms with Gasteiger partial charge in [0.1, 0.15) is 11.6 Å². The van der Waals surface area contributed by atoms with E-state index in [-0.39, 0.29) is 5.82 Å². The first-order valence-corrected chi connectivity index (χ1v) is 6.87. The summed E-state index contributed by atoms with van der Waals surface area (Å²) in [5, 5.41) is 9.03. The third-order valence-electron chi connectivity index (χ3n) is 2.72. The van der Waals surface area contributed by atoms with Crippen LogP contribution in [0, 0.1) is 11.8 Å². The standard InChI is InChI=1S/C10H11N5O.C4H8O2/c1-6(16)3-4-7-13-9(11)8-10(14-7)15(2)5-12-8;1-2-6-4-3-5-1/h5-6,16H,1-2H3,(H2,11,13,14);1-4H2. The second-order valence-corrected chi connectivity index (χ2v) is 4.63. The Morgan fingerprint density at radius 3 is 2.45 bits per heavy atom. The van der Waals surface area contributed by atoms with Gasteiger partial charge >= 0.3 is 0 Å². The number of aromatic nitrogens is 4. The lowest BCUT2D eigenvalue weighted by atomic mass is 10.4. The Labute approximate surface area is 128 Å². The molecule has 0 spiro atoms. The zero-order chi connectivity index (χ0) is 15.9. The molecule has 3 heterocycles. The quantitative estimate of drug-likeness (QED) is 0.644. The molecular formula is C14H19N5O3. The van der Waals surface area contributed by atoms with E-state index in [9.17, 15) is 0 Å². The number of aliphatic hydroxyl groups excluding tert-OH is 1. The van der Waals surface area contributed by atoms with Crippen LogP contribution in [0.25, 0.3) is 11.2 Å². The molecule has 2 aromatic rings. The number of imidazole rings is 1. The number of hydrogen-bond acceptors (Lipinski definition) is 7. The van der Waals surface area contributed by atoms with E-state index in [1.54, 1.807) is 17.8 Å². The lowest BCUT2D eigenvalue weighted by molar-refractivity contribution is -0.0334. The van der Waals surface area contributed by atoms with Crippen molar-refractivity contribution in [1.82, 2.24) is 19.5 Å². The van der Waals surface area contributed by atoms with Crippen LogP contribution >= 0.6 is 0 Å². The number of anilines is 1. The molecule has 0 radical (unpaired) electrons. The monoisotopic (exact) mass is 305 g/mol. The van der Waals surface area contributed by atoms with Crippen LogP contribution in [0.15, 0.2) is 6.33 Å². The van der Waals surface area contributed by atoms with Gasteiger partial charge in [-0.3, -0.25) is 0 Å². The minimum Gasteiger partial charge on any atom is -0.382 e. The maximum atomic E-state index is 9.03. The molecule has 1 atom stereocenters. The fraction of sp³-hybridized carbons (Fsp3) is 0.500. The highest BCUT2D eigenvalue weighted by Crippen LogP contribution is 2.14. The summed E-state index contributed by atoms with van der Waals surface area (Å²) < 4.78 is 11.6. The predicted molar refractivity (Wildman–Crippen MR) is 80.9 cm³/mol. The van der Waals surface area contributed by atoms with Crippen molar-refractivity contribution < 1.29 is 14.6 Å². The Morgan fingerprint density at radius 1 is 1.27 bits per heavy atom. The number of aliphatic hydroxyl groups is 1. The molecule has 1 fully saturated rings. The summed E-state index contributed by atoms with van der Waals surface area (Å²) in [6.07, 6.45) is 0.897. The summed E-state index contributed by atoms with van der Waals surface area (Å²) in [6, 6.07) is 0. The second-order valence-electron chi connectivity index (χ2n) is 4.63. The Balaban J connectivity index is 0.000000246. The average molecular weight is 305 g/mol. The number of hydrogen-bond donors (Lipinski definition) is 2. The molecule has 0 aliphatic carbocycles. The molecular weight excluding hydrogens is 286 g/mol. The van der Waals surface area contributed by atoms with Crippen molar-refractivity contribution >= 4 is 17.0 Å². The van der Waals surface area contributed by atoms with Crippen molar-refractivity contribution in [1.29, 1.82) is 0 Å². The molecule has 0 bridgehead atoms. The minimum absolute atomic E-state index is 0.287. The Morgan fingerprint density at radius 2 is 1.91 bits per heavy atom. The lowest BCUT2D eigenvalue weighted by Crippen LogP contribution is -2.16. The third-order valence-corrected chi connectivity index (χ3v) is 2.72. The first kappa shape index (κ1) is 16.2. The Hall–Kier alpha value is -2.21. The summed E-state index contributed by atoms with van der Waals surface area (Å²) in [5.74, 6) is 5.79. The van der Waals surface area contributed by atoms with Gasteiger partial charge in [-0.1, -0.05) is 5.92 Å². The van der Waals surface area contributed by atoms with Gasteiger partial charge in [-0.2, -0.15) is 0 Å². The molecule has 2 aromatic heterocycles. The zero-order valence-corrected chi connectivity index (χ0v) is 12.6. The fourth-order valence-corrected chi connectivity index (χ4v) is 1.69. The molecule has 0 aromatic carbocycles. The van der Waals surface area contributed by atoms with E-state index in [1.807, 2.05) is 7.05 Å². The van der Waals surface area contributed by atoms with Crippen LogP contribution in [-0.4, -0.2) is 57.2 Å². The van der Waals surface area contributed by atoms with E-state index < -0.39 is 6.10 Å². The molecule has 1 aliphatic heterocycles. The van der Waals surface area contributed by atoms with Crippen LogP contribution in [0.5, 0.6) is 0 Å². The van der Waals surface area contributed by atoms with Gasteiger partial charge in [0.25, 0.3) is 0 Å². The number of rotatable bonds is 0. The molecule has 1 unspecified atom stereocenters. The highest BCUT2D eigenvalue weighted by Gasteiger charge is 2.07. The molecule has 8 heteroatoms. The maximum Gasteiger partial charge on any atom is 0.209 e. The van der Waals surface area contributed by atoms with Crippen molar-refractivity contribution in [2.75, 3.05) is 32.2 Å². The second kappa shape index (κ2) is 7.70. The highest BCUT2D eigenvalue weighted by molar-refractivity contribution is 5.81. The van der Waals surface area contributed by atoms with E-state index in [0.29, 0.717) is 17.0 Å². The topological polar surface area (TPSA) is 108 Å². The van der Waals surface area contributed by atoms with Gasteiger partial charge in [0.05, 0.1) is 32.8 Å². The van der Waals surface area contributed by atoms with Crippen molar-refractivity contribution in [3.05, 3.63) is 12.2 Å². The molecule has 3 N–H and O–H groups in total. The fourth-order valence-electron chi connectivity index (χ4n) is 1.69. The van der Waals surface area contributed by atoms with Crippen LogP contribution in [0.4, 0.5) is 5.82 Å². The van der Waals surface area contributed by atoms with Gasteiger partial charge in [-0.25, -0.2) is 15.0 Å². The summed E-state index contributed by atoms with van der Waals surface area (Å²) in [5.41, 5.74) is 6.91. The van der Waals surface area contributed by atoms with E-state index >= 15 is 0 Å². The van der Waals surface area contributed by atoms with E-state index in [0.717, 1.165) is 26.4 Å². The number of nitrogens with two attached hydrogens (primary N) is 1. The molecule has 3 rings (SSSR count). The minimum atomic E-state index is -0.716. The van der Waals surface area contributed by atoms with Crippen LogP contribution < -0.4 is 5.73 Å². The summed E-state index contributed by atoms with van der Waals surface area (Å²) in [6.45, 7) is 4.68. The number of aryl methyl sites for hydroxylation is 1. The first-order valence-electron chi connectivity index (χ1n) is 6.87. The third kappa shape index (κ3) is 4.39. The van der Waals surface area contributed by atoms with Gasteiger partial charge in [0.15, 0.2) is 11.5 Å². The molecule has 22 heavy (non-hydrogen) atoms. The predicted octanol–water partition coefficient (Wildman–Crippen LogP) is -0.289. The molecule has 1 saturated heterocycles. The van der Waals surface area contributed by atoms with Crippen molar-refractivity contribution in [3.8, 4) is 11.8 Å². The number of fused-ring (bicyclic) bond motifs is 1. The maximum absolute atomic E-state index is 9.03. The van der Waals surface area contributed by atoms with Gasteiger partial charge < -0.3 is 24.9 Å². The van der Waals surface area contributed by atoms with Crippen molar-refractivity contribution in [2.45, 2.75) is 13.0 Å². The summed E-state index contributed by atoms with van der Waals surface area (Å²) >= 11 is 0. The van der Waals surface area contributed by atoms with E-state index in [2.05, 4.69) is 26.8 Å². The van der Waals surface area contributed by atoms with Gasteiger partial charge in [-0.15, -0.1) is 0 Å². The first-order chi connectivity index (χ1) is 10.6. The molecule has 8 nitrogen and oxygen atoms in total. The van der Waals surface area contributed by atoms with Gasteiger partial charge in [0.2, 0.25) is 5.82 Å². The van der Waals surface area contributed by atoms with Crippen LogP contribution in [-0.2, 0) is 16.5 Å². The van der Waals surface area contributed by atoms with E-state index in [4.69, 9.17) is 20.3 Å². The number of nitrogens with zero attached hydrogens (tertiary/aromatic N) is 4. The van der Waals surface area contributed by atoms with Crippen LogP contribution in [0.1, 0.15) is 12.7 Å². The highest BCUT2D eigenvalue weighted by atomic mass is 16.6. The number of nitrogen functional groups attached to an aromatic ring is 1. The summed E-state index contributed by atoms with van der Waals surface area (Å²) in [7, 11) is 1.81. The Bertz CT molecular complexity index is 671. The van der Waals surface area contributed by atoms with Crippen LogP contribution in [0.2, 0.25) is 0 Å². The molecule has 0 saturated carbocycles. The molecule has 1 aliphatic rings. The Kier molecular flexibility index (Phi) is 5.66.